The van der Waals surface area contributed by atoms with Crippen LogP contribution in [0.3, 0.4) is 0 Å². The lowest BCUT2D eigenvalue weighted by atomic mass is 10.0. The fourth-order valence-electron chi connectivity index (χ4n) is 1.66. The molecule has 1 heterocycles. The maximum Gasteiger partial charge on any atom is 0.00819 e. The van der Waals surface area contributed by atoms with Crippen LogP contribution in [0.25, 0.3) is 0 Å². The molecule has 0 amide bonds. The van der Waals surface area contributed by atoms with Gasteiger partial charge in [-0.25, -0.2) is 0 Å². The van der Waals surface area contributed by atoms with Crippen molar-refractivity contribution < 1.29 is 0 Å². The maximum absolute atomic E-state index is 2.43. The average Bonchev–Trinajstić information content (AvgIpc) is 2.75. The summed E-state index contributed by atoms with van der Waals surface area (Å²) in [4.78, 5) is 3.17. The molecule has 0 spiro atoms. The minimum Gasteiger partial charge on any atom is -0.145 e. The maximum atomic E-state index is 2.43. The van der Waals surface area contributed by atoms with Gasteiger partial charge >= 0.3 is 0 Å². The molecule has 12 heavy (non-hydrogen) atoms. The van der Waals surface area contributed by atoms with E-state index in [1.165, 1.54) is 17.7 Å². The number of hydrogen-bond donors (Lipinski definition) is 0. The van der Waals surface area contributed by atoms with Gasteiger partial charge in [0.1, 0.15) is 0 Å². The van der Waals surface area contributed by atoms with Crippen LogP contribution >= 0.6 is 11.3 Å². The number of thiophene rings is 1. The normalized spacial score (nSPS) is 17.3. The molecule has 0 aliphatic heterocycles. The molecule has 1 saturated carbocycles. The molecule has 0 bridgehead atoms. The molecule has 1 fully saturated rings. The van der Waals surface area contributed by atoms with Crippen LogP contribution in [-0.2, 0) is 0 Å². The smallest absolute Gasteiger partial charge is 0.00819 e. The molecule has 1 aromatic rings. The Bertz CT molecular complexity index is 279. The van der Waals surface area contributed by atoms with E-state index in [0.29, 0.717) is 5.92 Å². The molecule has 0 N–H and O–H groups in total. The highest BCUT2D eigenvalue weighted by Crippen LogP contribution is 2.45. The zero-order chi connectivity index (χ0) is 8.72. The second-order valence-corrected chi connectivity index (χ2v) is 5.38. The van der Waals surface area contributed by atoms with Crippen LogP contribution in [0.1, 0.15) is 53.8 Å². The van der Waals surface area contributed by atoms with Crippen LogP contribution in [0.2, 0.25) is 0 Å². The second-order valence-electron chi connectivity index (χ2n) is 4.09. The van der Waals surface area contributed by atoms with E-state index >= 15 is 0 Å². The third-order valence-corrected chi connectivity index (χ3v) is 3.81. The van der Waals surface area contributed by atoms with E-state index in [9.17, 15) is 0 Å². The van der Waals surface area contributed by atoms with E-state index in [1.807, 2.05) is 11.3 Å². The van der Waals surface area contributed by atoms with Gasteiger partial charge in [-0.3, -0.25) is 0 Å². The molecule has 1 aromatic heterocycles. The van der Waals surface area contributed by atoms with Gasteiger partial charge in [-0.2, -0.15) is 0 Å². The average molecular weight is 180 g/mol. The van der Waals surface area contributed by atoms with E-state index in [0.717, 1.165) is 5.92 Å². The molecule has 0 aromatic carbocycles. The lowest BCUT2D eigenvalue weighted by molar-refractivity contribution is 0.862. The van der Waals surface area contributed by atoms with E-state index in [1.54, 1.807) is 10.4 Å². The summed E-state index contributed by atoms with van der Waals surface area (Å²) in [6.07, 6.45) is 2.86. The van der Waals surface area contributed by atoms with Gasteiger partial charge < -0.3 is 0 Å². The Kier molecular flexibility index (Phi) is 1.99. The molecule has 2 rings (SSSR count). The third kappa shape index (κ3) is 1.42. The first-order valence-electron chi connectivity index (χ1n) is 4.78. The Morgan fingerprint density at radius 1 is 1.42 bits per heavy atom. The van der Waals surface area contributed by atoms with Crippen molar-refractivity contribution in [2.75, 3.05) is 0 Å². The summed E-state index contributed by atoms with van der Waals surface area (Å²) in [7, 11) is 0. The Morgan fingerprint density at radius 3 is 2.50 bits per heavy atom. The summed E-state index contributed by atoms with van der Waals surface area (Å²) >= 11 is 2.01. The quantitative estimate of drug-likeness (QED) is 0.644. The summed E-state index contributed by atoms with van der Waals surface area (Å²) in [6.45, 7) is 6.82. The minimum absolute atomic E-state index is 0.703. The van der Waals surface area contributed by atoms with Crippen molar-refractivity contribution in [2.45, 2.75) is 45.4 Å². The summed E-state index contributed by atoms with van der Waals surface area (Å²) < 4.78 is 0. The monoisotopic (exact) mass is 180 g/mol. The first-order valence-corrected chi connectivity index (χ1v) is 5.60. The number of aryl methyl sites for hydroxylation is 1. The minimum atomic E-state index is 0.703. The largest absolute Gasteiger partial charge is 0.145 e. The van der Waals surface area contributed by atoms with Crippen molar-refractivity contribution in [3.63, 3.8) is 0 Å². The van der Waals surface area contributed by atoms with Gasteiger partial charge in [0.25, 0.3) is 0 Å². The second kappa shape index (κ2) is 2.88. The lowest BCUT2D eigenvalue weighted by Crippen LogP contribution is -1.84. The van der Waals surface area contributed by atoms with Crippen LogP contribution in [0, 0.1) is 6.92 Å². The summed E-state index contributed by atoms with van der Waals surface area (Å²) in [5, 5.41) is 0. The first-order chi connectivity index (χ1) is 5.68. The van der Waals surface area contributed by atoms with Gasteiger partial charge in [-0.15, -0.1) is 11.3 Å². The Morgan fingerprint density at radius 2 is 2.08 bits per heavy atom. The van der Waals surface area contributed by atoms with Gasteiger partial charge in [0.05, 0.1) is 0 Å². The molecule has 1 aliphatic rings. The number of hydrogen-bond acceptors (Lipinski definition) is 1. The summed E-state index contributed by atoms with van der Waals surface area (Å²) in [5.74, 6) is 1.63. The van der Waals surface area contributed by atoms with Crippen molar-refractivity contribution in [3.8, 4) is 0 Å². The zero-order valence-corrected chi connectivity index (χ0v) is 8.87. The third-order valence-electron chi connectivity index (χ3n) is 2.58. The molecule has 0 atom stereocenters. The molecule has 0 saturated heterocycles. The summed E-state index contributed by atoms with van der Waals surface area (Å²) in [6, 6.07) is 2.43. The highest BCUT2D eigenvalue weighted by atomic mass is 32.1. The van der Waals surface area contributed by atoms with E-state index < -0.39 is 0 Å². The standard InChI is InChI=1S/C11H16S/c1-7(2)10-6-11(9-4-5-9)12-8(10)3/h6-7,9H,4-5H2,1-3H3. The molecule has 0 unspecified atom stereocenters. The van der Waals surface area contributed by atoms with E-state index in [2.05, 4.69) is 26.8 Å². The predicted molar refractivity (Wildman–Crippen MR) is 55.1 cm³/mol. The molecule has 0 nitrogen and oxygen atoms in total. The Balaban J connectivity index is 2.30. The molecule has 1 heteroatoms. The molecule has 1 aliphatic carbocycles. The van der Waals surface area contributed by atoms with Crippen molar-refractivity contribution in [1.29, 1.82) is 0 Å². The predicted octanol–water partition coefficient (Wildman–Crippen LogP) is 4.06. The van der Waals surface area contributed by atoms with Crippen molar-refractivity contribution in [2.24, 2.45) is 0 Å². The first kappa shape index (κ1) is 8.31. The van der Waals surface area contributed by atoms with E-state index in [4.69, 9.17) is 0 Å². The van der Waals surface area contributed by atoms with Gasteiger partial charge in [0.15, 0.2) is 0 Å². The fraction of sp³-hybridized carbons (Fsp3) is 0.636. The van der Waals surface area contributed by atoms with Crippen LogP contribution < -0.4 is 0 Å². The Hall–Kier alpha value is -0.300. The highest BCUT2D eigenvalue weighted by Gasteiger charge is 2.26. The summed E-state index contributed by atoms with van der Waals surface area (Å²) in [5.41, 5.74) is 1.57. The van der Waals surface area contributed by atoms with Gasteiger partial charge in [-0.05, 0) is 43.2 Å². The Labute approximate surface area is 78.6 Å². The van der Waals surface area contributed by atoms with Crippen molar-refractivity contribution in [3.05, 3.63) is 21.4 Å². The van der Waals surface area contributed by atoms with Crippen molar-refractivity contribution in [1.82, 2.24) is 0 Å². The number of rotatable bonds is 2. The molecular weight excluding hydrogens is 164 g/mol. The zero-order valence-electron chi connectivity index (χ0n) is 8.05. The molecule has 66 valence electrons. The van der Waals surface area contributed by atoms with Gasteiger partial charge in [-0.1, -0.05) is 13.8 Å². The van der Waals surface area contributed by atoms with Gasteiger partial charge in [0, 0.05) is 9.75 Å². The van der Waals surface area contributed by atoms with Crippen LogP contribution in [0.4, 0.5) is 0 Å². The lowest BCUT2D eigenvalue weighted by Gasteiger charge is -2.01. The van der Waals surface area contributed by atoms with Crippen LogP contribution in [0.15, 0.2) is 6.07 Å². The van der Waals surface area contributed by atoms with Crippen molar-refractivity contribution >= 4 is 11.3 Å². The van der Waals surface area contributed by atoms with Crippen LogP contribution in [-0.4, -0.2) is 0 Å². The highest BCUT2D eigenvalue weighted by molar-refractivity contribution is 7.12. The molecule has 0 radical (unpaired) electrons. The topological polar surface area (TPSA) is 0 Å². The van der Waals surface area contributed by atoms with E-state index in [-0.39, 0.29) is 0 Å². The van der Waals surface area contributed by atoms with Gasteiger partial charge in [0.2, 0.25) is 0 Å². The SMILES string of the molecule is Cc1sc(C2CC2)cc1C(C)C. The molecular formula is C11H16S. The van der Waals surface area contributed by atoms with Crippen LogP contribution in [0.5, 0.6) is 0 Å². The fourth-order valence-corrected chi connectivity index (χ4v) is 3.02.